The van der Waals surface area contributed by atoms with Crippen molar-refractivity contribution in [3.63, 3.8) is 0 Å². The lowest BCUT2D eigenvalue weighted by Crippen LogP contribution is -2.27. The van der Waals surface area contributed by atoms with Gasteiger partial charge in [-0.25, -0.2) is 9.18 Å². The standard InChI is InChI=1S/C23H29FN2O4/c1-14(2)17-9-7-15(3)11-20(17)29-13-21(27)25-16-8-10-18(24)19(12-16)26-22(28)30-23(4,5)6/h7-12,14H,13H2,1-6H3,(H,25,27)(H,26,28). The maximum absolute atomic E-state index is 14.0. The normalized spacial score (nSPS) is 11.2. The van der Waals surface area contributed by atoms with Crippen LogP contribution in [0, 0.1) is 12.7 Å². The van der Waals surface area contributed by atoms with Crippen molar-refractivity contribution in [1.82, 2.24) is 0 Å². The summed E-state index contributed by atoms with van der Waals surface area (Å²) in [5.41, 5.74) is 1.56. The smallest absolute Gasteiger partial charge is 0.412 e. The molecule has 0 unspecified atom stereocenters. The summed E-state index contributed by atoms with van der Waals surface area (Å²) in [6.45, 7) is 11.0. The van der Waals surface area contributed by atoms with E-state index in [0.29, 0.717) is 11.4 Å². The Labute approximate surface area is 176 Å². The van der Waals surface area contributed by atoms with Crippen LogP contribution in [0.3, 0.4) is 0 Å². The summed E-state index contributed by atoms with van der Waals surface area (Å²) >= 11 is 0. The quantitative estimate of drug-likeness (QED) is 0.641. The van der Waals surface area contributed by atoms with Crippen molar-refractivity contribution in [2.24, 2.45) is 0 Å². The summed E-state index contributed by atoms with van der Waals surface area (Å²) in [5.74, 6) is -0.133. The van der Waals surface area contributed by atoms with E-state index in [0.717, 1.165) is 17.2 Å². The van der Waals surface area contributed by atoms with Crippen molar-refractivity contribution in [2.75, 3.05) is 17.2 Å². The predicted molar refractivity (Wildman–Crippen MR) is 116 cm³/mol. The van der Waals surface area contributed by atoms with Crippen LogP contribution in [0.4, 0.5) is 20.6 Å². The van der Waals surface area contributed by atoms with E-state index in [1.165, 1.54) is 12.1 Å². The number of rotatable bonds is 6. The molecule has 2 N–H and O–H groups in total. The zero-order valence-electron chi connectivity index (χ0n) is 18.3. The van der Waals surface area contributed by atoms with Gasteiger partial charge in [-0.3, -0.25) is 10.1 Å². The molecule has 0 fully saturated rings. The second-order valence-corrected chi connectivity index (χ2v) is 8.35. The lowest BCUT2D eigenvalue weighted by Gasteiger charge is -2.20. The highest BCUT2D eigenvalue weighted by Crippen LogP contribution is 2.27. The first-order valence-corrected chi connectivity index (χ1v) is 9.77. The van der Waals surface area contributed by atoms with Gasteiger partial charge in [-0.15, -0.1) is 0 Å². The van der Waals surface area contributed by atoms with Crippen LogP contribution in [0.15, 0.2) is 36.4 Å². The minimum atomic E-state index is -0.783. The molecule has 0 aliphatic heterocycles. The van der Waals surface area contributed by atoms with Gasteiger partial charge in [0.05, 0.1) is 5.69 Å². The molecule has 2 rings (SSSR count). The van der Waals surface area contributed by atoms with Crippen molar-refractivity contribution < 1.29 is 23.5 Å². The minimum absolute atomic E-state index is 0.0938. The van der Waals surface area contributed by atoms with Gasteiger partial charge in [0.2, 0.25) is 0 Å². The molecule has 0 aromatic heterocycles. The summed E-state index contributed by atoms with van der Waals surface area (Å²) in [6.07, 6.45) is -0.783. The van der Waals surface area contributed by atoms with Crippen LogP contribution in [0.1, 0.15) is 51.7 Å². The van der Waals surface area contributed by atoms with Gasteiger partial charge in [-0.2, -0.15) is 0 Å². The summed E-state index contributed by atoms with van der Waals surface area (Å²) < 4.78 is 24.9. The lowest BCUT2D eigenvalue weighted by molar-refractivity contribution is -0.118. The number of carbonyl (C=O) groups excluding carboxylic acids is 2. The van der Waals surface area contributed by atoms with Crippen molar-refractivity contribution in [3.05, 3.63) is 53.3 Å². The van der Waals surface area contributed by atoms with Crippen molar-refractivity contribution in [2.45, 2.75) is 53.1 Å². The Balaban J connectivity index is 2.02. The number of nitrogens with one attached hydrogen (secondary N) is 2. The molecule has 0 aliphatic rings. The molecule has 0 bridgehead atoms. The van der Waals surface area contributed by atoms with Crippen LogP contribution in [-0.2, 0) is 9.53 Å². The number of aryl methyl sites for hydroxylation is 1. The fourth-order valence-corrected chi connectivity index (χ4v) is 2.70. The van der Waals surface area contributed by atoms with Gasteiger partial charge in [-0.05, 0) is 69.0 Å². The summed E-state index contributed by atoms with van der Waals surface area (Å²) in [5, 5.41) is 4.99. The Hall–Kier alpha value is -3.09. The van der Waals surface area contributed by atoms with Gasteiger partial charge >= 0.3 is 6.09 Å². The van der Waals surface area contributed by atoms with Crippen molar-refractivity contribution in [1.29, 1.82) is 0 Å². The number of carbonyl (C=O) groups is 2. The number of ether oxygens (including phenoxy) is 2. The molecular weight excluding hydrogens is 387 g/mol. The van der Waals surface area contributed by atoms with Gasteiger partial charge in [0.15, 0.2) is 6.61 Å². The highest BCUT2D eigenvalue weighted by molar-refractivity contribution is 5.93. The predicted octanol–water partition coefficient (Wildman–Crippen LogP) is 5.62. The Morgan fingerprint density at radius 2 is 1.77 bits per heavy atom. The number of halogens is 1. The molecule has 2 aromatic rings. The van der Waals surface area contributed by atoms with E-state index in [2.05, 4.69) is 24.5 Å². The Morgan fingerprint density at radius 3 is 2.40 bits per heavy atom. The molecule has 0 heterocycles. The number of anilines is 2. The molecule has 30 heavy (non-hydrogen) atoms. The van der Waals surface area contributed by atoms with Crippen LogP contribution in [0.2, 0.25) is 0 Å². The van der Waals surface area contributed by atoms with Crippen LogP contribution < -0.4 is 15.4 Å². The fourth-order valence-electron chi connectivity index (χ4n) is 2.70. The number of amides is 2. The maximum atomic E-state index is 14.0. The maximum Gasteiger partial charge on any atom is 0.412 e. The molecule has 2 amide bonds. The van der Waals surface area contributed by atoms with Crippen LogP contribution in [-0.4, -0.2) is 24.2 Å². The van der Waals surface area contributed by atoms with Gasteiger partial charge in [0, 0.05) is 5.69 Å². The molecule has 0 saturated carbocycles. The first kappa shape index (κ1) is 23.2. The topological polar surface area (TPSA) is 76.7 Å². The Morgan fingerprint density at radius 1 is 1.07 bits per heavy atom. The highest BCUT2D eigenvalue weighted by Gasteiger charge is 2.18. The summed E-state index contributed by atoms with van der Waals surface area (Å²) in [7, 11) is 0. The second kappa shape index (κ2) is 9.61. The van der Waals surface area contributed by atoms with E-state index in [1.807, 2.05) is 25.1 Å². The third kappa shape index (κ3) is 7.06. The average Bonchev–Trinajstić information content (AvgIpc) is 2.61. The van der Waals surface area contributed by atoms with Gasteiger partial charge in [0.25, 0.3) is 5.91 Å². The zero-order chi connectivity index (χ0) is 22.5. The van der Waals surface area contributed by atoms with E-state index in [4.69, 9.17) is 9.47 Å². The van der Waals surface area contributed by atoms with Gasteiger partial charge < -0.3 is 14.8 Å². The van der Waals surface area contributed by atoms with E-state index in [1.54, 1.807) is 20.8 Å². The largest absolute Gasteiger partial charge is 0.483 e. The van der Waals surface area contributed by atoms with E-state index in [-0.39, 0.29) is 18.2 Å². The fraction of sp³-hybridized carbons (Fsp3) is 0.391. The SMILES string of the molecule is Cc1ccc(C(C)C)c(OCC(=O)Nc2ccc(F)c(NC(=O)OC(C)(C)C)c2)c1. The molecule has 162 valence electrons. The first-order chi connectivity index (χ1) is 13.9. The Kier molecular flexibility index (Phi) is 7.43. The monoisotopic (exact) mass is 416 g/mol. The van der Waals surface area contributed by atoms with Crippen LogP contribution >= 0.6 is 0 Å². The van der Waals surface area contributed by atoms with Gasteiger partial charge in [0.1, 0.15) is 17.2 Å². The number of hydrogen-bond acceptors (Lipinski definition) is 4. The van der Waals surface area contributed by atoms with Crippen LogP contribution in [0.25, 0.3) is 0 Å². The summed E-state index contributed by atoms with van der Waals surface area (Å²) in [4.78, 5) is 24.2. The van der Waals surface area contributed by atoms with Crippen molar-refractivity contribution in [3.8, 4) is 5.75 Å². The molecule has 7 heteroatoms. The van der Waals surface area contributed by atoms with E-state index < -0.39 is 23.4 Å². The lowest BCUT2D eigenvalue weighted by atomic mass is 10.0. The molecular formula is C23H29FN2O4. The minimum Gasteiger partial charge on any atom is -0.483 e. The first-order valence-electron chi connectivity index (χ1n) is 9.77. The third-order valence-corrected chi connectivity index (χ3v) is 4.04. The number of benzene rings is 2. The summed E-state index contributed by atoms with van der Waals surface area (Å²) in [6, 6.07) is 9.76. The number of hydrogen-bond donors (Lipinski definition) is 2. The van der Waals surface area contributed by atoms with Crippen LogP contribution in [0.5, 0.6) is 5.75 Å². The average molecular weight is 416 g/mol. The van der Waals surface area contributed by atoms with Crippen molar-refractivity contribution >= 4 is 23.4 Å². The molecule has 0 aliphatic carbocycles. The molecule has 2 aromatic carbocycles. The van der Waals surface area contributed by atoms with E-state index in [9.17, 15) is 14.0 Å². The zero-order valence-corrected chi connectivity index (χ0v) is 18.3. The third-order valence-electron chi connectivity index (χ3n) is 4.04. The second-order valence-electron chi connectivity index (χ2n) is 8.35. The Bertz CT molecular complexity index is 920. The molecule has 0 spiro atoms. The molecule has 6 nitrogen and oxygen atoms in total. The van der Waals surface area contributed by atoms with E-state index >= 15 is 0 Å². The molecule has 0 atom stereocenters. The van der Waals surface area contributed by atoms with Gasteiger partial charge in [-0.1, -0.05) is 26.0 Å². The highest BCUT2D eigenvalue weighted by atomic mass is 19.1. The molecule has 0 saturated heterocycles. The molecule has 0 radical (unpaired) electrons.